The van der Waals surface area contributed by atoms with Crippen LogP contribution < -0.4 is 5.32 Å². The van der Waals surface area contributed by atoms with Crippen molar-refractivity contribution in [2.75, 3.05) is 12.4 Å². The van der Waals surface area contributed by atoms with E-state index in [4.69, 9.17) is 11.6 Å². The van der Waals surface area contributed by atoms with Crippen LogP contribution in [-0.4, -0.2) is 18.3 Å². The molecule has 0 saturated carbocycles. The lowest BCUT2D eigenvalue weighted by atomic mass is 9.96. The predicted molar refractivity (Wildman–Crippen MR) is 63.2 cm³/mol. The van der Waals surface area contributed by atoms with Crippen molar-refractivity contribution in [3.05, 3.63) is 35.6 Å². The molecule has 0 aliphatic heterocycles. The Morgan fingerprint density at radius 2 is 2.06 bits per heavy atom. The summed E-state index contributed by atoms with van der Waals surface area (Å²) in [5, 5.41) is 2.67. The molecule has 1 N–H and O–H groups in total. The zero-order valence-electron chi connectivity index (χ0n) is 9.39. The van der Waals surface area contributed by atoms with Gasteiger partial charge >= 0.3 is 0 Å². The Morgan fingerprint density at radius 1 is 1.44 bits per heavy atom. The number of alkyl halides is 1. The molecule has 88 valence electrons. The Balaban J connectivity index is 2.64. The molecule has 0 radical (unpaired) electrons. The average molecular weight is 244 g/mol. The van der Waals surface area contributed by atoms with Crippen molar-refractivity contribution in [2.45, 2.75) is 13.8 Å². The van der Waals surface area contributed by atoms with Gasteiger partial charge in [-0.1, -0.05) is 26.0 Å². The number of rotatable bonds is 4. The highest BCUT2D eigenvalue weighted by molar-refractivity contribution is 6.18. The normalized spacial score (nSPS) is 11.2. The second kappa shape index (κ2) is 5.30. The van der Waals surface area contributed by atoms with Crippen LogP contribution in [0.5, 0.6) is 0 Å². The van der Waals surface area contributed by atoms with Gasteiger partial charge in [-0.2, -0.15) is 0 Å². The van der Waals surface area contributed by atoms with Crippen LogP contribution in [0.3, 0.4) is 0 Å². The number of amides is 1. The van der Waals surface area contributed by atoms with Crippen molar-refractivity contribution in [2.24, 2.45) is 5.41 Å². The minimum Gasteiger partial charge on any atom is -0.351 e. The molecule has 4 heteroatoms. The first kappa shape index (κ1) is 13.0. The van der Waals surface area contributed by atoms with Gasteiger partial charge in [-0.25, -0.2) is 4.39 Å². The minimum absolute atomic E-state index is 0.0628. The van der Waals surface area contributed by atoms with E-state index in [1.807, 2.05) is 13.8 Å². The maximum Gasteiger partial charge on any atom is 0.254 e. The van der Waals surface area contributed by atoms with Gasteiger partial charge in [0.15, 0.2) is 0 Å². The Hall–Kier alpha value is -1.09. The number of carbonyl (C=O) groups excluding carboxylic acids is 1. The maximum absolute atomic E-state index is 13.3. The molecule has 0 aliphatic carbocycles. The quantitative estimate of drug-likeness (QED) is 0.810. The molecule has 0 aliphatic rings. The van der Waals surface area contributed by atoms with Gasteiger partial charge in [-0.3, -0.25) is 4.79 Å². The molecule has 0 unspecified atom stereocenters. The second-order valence-electron chi connectivity index (χ2n) is 4.46. The fourth-order valence-electron chi connectivity index (χ4n) is 1.11. The smallest absolute Gasteiger partial charge is 0.254 e. The average Bonchev–Trinajstić information content (AvgIpc) is 2.27. The largest absolute Gasteiger partial charge is 0.351 e. The lowest BCUT2D eigenvalue weighted by Crippen LogP contribution is -2.35. The standard InChI is InChI=1S/C12H15ClFNO/c1-12(2,7-13)8-15-11(16)9-5-3-4-6-10(9)14/h3-6H,7-8H2,1-2H3,(H,15,16). The van der Waals surface area contributed by atoms with Gasteiger partial charge in [0.2, 0.25) is 0 Å². The van der Waals surface area contributed by atoms with Crippen molar-refractivity contribution in [1.29, 1.82) is 0 Å². The van der Waals surface area contributed by atoms with E-state index < -0.39 is 11.7 Å². The first-order valence-electron chi connectivity index (χ1n) is 5.05. The zero-order valence-corrected chi connectivity index (χ0v) is 10.1. The van der Waals surface area contributed by atoms with Crippen LogP contribution >= 0.6 is 11.6 Å². The lowest BCUT2D eigenvalue weighted by Gasteiger charge is -2.21. The van der Waals surface area contributed by atoms with E-state index in [0.29, 0.717) is 12.4 Å². The van der Waals surface area contributed by atoms with Crippen LogP contribution in [0.4, 0.5) is 4.39 Å². The van der Waals surface area contributed by atoms with E-state index in [2.05, 4.69) is 5.32 Å². The van der Waals surface area contributed by atoms with E-state index in [1.165, 1.54) is 12.1 Å². The molecule has 0 aromatic heterocycles. The minimum atomic E-state index is -0.510. The summed E-state index contributed by atoms with van der Waals surface area (Å²) in [6, 6.07) is 5.90. The fourth-order valence-corrected chi connectivity index (χ4v) is 1.20. The summed E-state index contributed by atoms with van der Waals surface area (Å²) in [6.45, 7) is 4.28. The summed E-state index contributed by atoms with van der Waals surface area (Å²) in [5.74, 6) is -0.482. The molecule has 0 fully saturated rings. The molecule has 1 aromatic carbocycles. The monoisotopic (exact) mass is 243 g/mol. The first-order valence-corrected chi connectivity index (χ1v) is 5.58. The molecular formula is C12H15ClFNO. The van der Waals surface area contributed by atoms with Crippen molar-refractivity contribution in [3.8, 4) is 0 Å². The van der Waals surface area contributed by atoms with Gasteiger partial charge in [0.1, 0.15) is 5.82 Å². The summed E-state index contributed by atoms with van der Waals surface area (Å²) in [5.41, 5.74) is -0.129. The van der Waals surface area contributed by atoms with Crippen LogP contribution in [0.1, 0.15) is 24.2 Å². The molecule has 0 spiro atoms. The zero-order chi connectivity index (χ0) is 12.2. The summed E-state index contributed by atoms with van der Waals surface area (Å²) in [6.07, 6.45) is 0. The number of benzene rings is 1. The molecule has 0 bridgehead atoms. The topological polar surface area (TPSA) is 29.1 Å². The lowest BCUT2D eigenvalue weighted by molar-refractivity contribution is 0.0936. The van der Waals surface area contributed by atoms with Gasteiger partial charge in [0, 0.05) is 12.4 Å². The number of hydrogen-bond donors (Lipinski definition) is 1. The summed E-state index contributed by atoms with van der Waals surface area (Å²) < 4.78 is 13.3. The van der Waals surface area contributed by atoms with Gasteiger partial charge in [0.05, 0.1) is 5.56 Å². The number of nitrogens with one attached hydrogen (secondary N) is 1. The van der Waals surface area contributed by atoms with Gasteiger partial charge < -0.3 is 5.32 Å². The third-order valence-corrected chi connectivity index (χ3v) is 2.93. The fraction of sp³-hybridized carbons (Fsp3) is 0.417. The van der Waals surface area contributed by atoms with Gasteiger partial charge in [-0.15, -0.1) is 11.6 Å². The highest BCUT2D eigenvalue weighted by Gasteiger charge is 2.18. The maximum atomic E-state index is 13.3. The molecule has 0 saturated heterocycles. The Kier molecular flexibility index (Phi) is 4.30. The van der Waals surface area contributed by atoms with Crippen LogP contribution in [-0.2, 0) is 0 Å². The Labute approximate surface area is 99.8 Å². The molecule has 0 heterocycles. The van der Waals surface area contributed by atoms with Crippen LogP contribution in [0, 0.1) is 11.2 Å². The van der Waals surface area contributed by atoms with Crippen molar-refractivity contribution in [1.82, 2.24) is 5.32 Å². The molecule has 1 aromatic rings. The molecule has 16 heavy (non-hydrogen) atoms. The predicted octanol–water partition coefficient (Wildman–Crippen LogP) is 2.82. The van der Waals surface area contributed by atoms with Gasteiger partial charge in [-0.05, 0) is 17.5 Å². The number of carbonyl (C=O) groups is 1. The number of halogens is 2. The Morgan fingerprint density at radius 3 is 2.62 bits per heavy atom. The van der Waals surface area contributed by atoms with E-state index in [1.54, 1.807) is 12.1 Å². The molecule has 0 atom stereocenters. The highest BCUT2D eigenvalue weighted by atomic mass is 35.5. The van der Waals surface area contributed by atoms with E-state index in [9.17, 15) is 9.18 Å². The van der Waals surface area contributed by atoms with Crippen LogP contribution in [0.15, 0.2) is 24.3 Å². The van der Waals surface area contributed by atoms with E-state index in [0.717, 1.165) is 0 Å². The Bertz CT molecular complexity index is 379. The third-order valence-electron chi connectivity index (χ3n) is 2.21. The SMILES string of the molecule is CC(C)(CCl)CNC(=O)c1ccccc1F. The molecular weight excluding hydrogens is 229 g/mol. The van der Waals surface area contributed by atoms with Crippen LogP contribution in [0.25, 0.3) is 0 Å². The van der Waals surface area contributed by atoms with Crippen LogP contribution in [0.2, 0.25) is 0 Å². The van der Waals surface area contributed by atoms with E-state index in [-0.39, 0.29) is 11.0 Å². The third kappa shape index (κ3) is 3.49. The molecule has 1 rings (SSSR count). The van der Waals surface area contributed by atoms with Crippen molar-refractivity contribution >= 4 is 17.5 Å². The van der Waals surface area contributed by atoms with E-state index >= 15 is 0 Å². The second-order valence-corrected chi connectivity index (χ2v) is 4.73. The number of hydrogen-bond acceptors (Lipinski definition) is 1. The first-order chi connectivity index (χ1) is 7.46. The van der Waals surface area contributed by atoms with Gasteiger partial charge in [0.25, 0.3) is 5.91 Å². The van der Waals surface area contributed by atoms with Crippen molar-refractivity contribution < 1.29 is 9.18 Å². The summed E-state index contributed by atoms with van der Waals surface area (Å²) in [4.78, 5) is 11.6. The van der Waals surface area contributed by atoms with Crippen molar-refractivity contribution in [3.63, 3.8) is 0 Å². The molecule has 2 nitrogen and oxygen atoms in total. The summed E-state index contributed by atoms with van der Waals surface area (Å²) in [7, 11) is 0. The molecule has 1 amide bonds. The highest BCUT2D eigenvalue weighted by Crippen LogP contribution is 2.15. The summed E-state index contributed by atoms with van der Waals surface area (Å²) >= 11 is 5.73.